The summed E-state index contributed by atoms with van der Waals surface area (Å²) in [7, 11) is 0. The Morgan fingerprint density at radius 1 is 1.37 bits per heavy atom. The van der Waals surface area contributed by atoms with Crippen LogP contribution < -0.4 is 10.6 Å². The smallest absolute Gasteiger partial charge is 0.234 e. The zero-order chi connectivity index (χ0) is 13.6. The van der Waals surface area contributed by atoms with E-state index in [-0.39, 0.29) is 11.4 Å². The van der Waals surface area contributed by atoms with Crippen LogP contribution in [-0.4, -0.2) is 49.1 Å². The van der Waals surface area contributed by atoms with E-state index in [9.17, 15) is 4.79 Å². The van der Waals surface area contributed by atoms with Crippen molar-refractivity contribution in [2.45, 2.75) is 44.1 Å². The van der Waals surface area contributed by atoms with Crippen molar-refractivity contribution in [3.8, 4) is 6.07 Å². The maximum atomic E-state index is 11.9. The second kappa shape index (κ2) is 6.88. The number of nitriles is 1. The molecule has 2 rings (SSSR count). The molecule has 0 radical (unpaired) electrons. The molecule has 0 unspecified atom stereocenters. The van der Waals surface area contributed by atoms with Gasteiger partial charge in [-0.2, -0.15) is 5.26 Å². The zero-order valence-electron chi connectivity index (χ0n) is 11.6. The minimum atomic E-state index is 0.0575. The van der Waals surface area contributed by atoms with E-state index in [1.54, 1.807) is 0 Å². The van der Waals surface area contributed by atoms with Gasteiger partial charge in [-0.15, -0.1) is 0 Å². The van der Waals surface area contributed by atoms with Crippen molar-refractivity contribution in [2.75, 3.05) is 32.7 Å². The molecular weight excluding hydrogens is 240 g/mol. The van der Waals surface area contributed by atoms with E-state index >= 15 is 0 Å². The van der Waals surface area contributed by atoms with Crippen LogP contribution in [0.2, 0.25) is 0 Å². The number of nitrogens with zero attached hydrogens (tertiary/aromatic N) is 2. The van der Waals surface area contributed by atoms with Crippen LogP contribution in [0.15, 0.2) is 0 Å². The summed E-state index contributed by atoms with van der Waals surface area (Å²) in [5.41, 5.74) is 0.197. The average Bonchev–Trinajstić information content (AvgIpc) is 2.43. The SMILES string of the molecule is N#CCCNC(=O)CN1CCNCC12CCCCC2. The first kappa shape index (κ1) is 14.3. The van der Waals surface area contributed by atoms with Gasteiger partial charge >= 0.3 is 0 Å². The van der Waals surface area contributed by atoms with Crippen molar-refractivity contribution in [1.82, 2.24) is 15.5 Å². The molecule has 5 heteroatoms. The lowest BCUT2D eigenvalue weighted by Gasteiger charge is -2.49. The second-order valence-electron chi connectivity index (χ2n) is 5.64. The van der Waals surface area contributed by atoms with E-state index in [4.69, 9.17) is 5.26 Å². The molecule has 1 heterocycles. The van der Waals surface area contributed by atoms with E-state index in [1.807, 2.05) is 6.07 Å². The summed E-state index contributed by atoms with van der Waals surface area (Å²) in [6.45, 7) is 3.87. The number of carbonyl (C=O) groups is 1. The third kappa shape index (κ3) is 3.68. The Balaban J connectivity index is 1.88. The van der Waals surface area contributed by atoms with E-state index in [1.165, 1.54) is 32.1 Å². The lowest BCUT2D eigenvalue weighted by atomic mass is 9.79. The Labute approximate surface area is 115 Å². The molecule has 1 spiro atoms. The Morgan fingerprint density at radius 3 is 2.89 bits per heavy atom. The first-order valence-corrected chi connectivity index (χ1v) is 7.36. The van der Waals surface area contributed by atoms with Crippen molar-refractivity contribution < 1.29 is 4.79 Å². The van der Waals surface area contributed by atoms with Gasteiger partial charge in [0.25, 0.3) is 0 Å². The molecule has 106 valence electrons. The second-order valence-corrected chi connectivity index (χ2v) is 5.64. The van der Waals surface area contributed by atoms with Crippen molar-refractivity contribution in [2.24, 2.45) is 0 Å². The Bertz CT molecular complexity index is 336. The third-order valence-electron chi connectivity index (χ3n) is 4.36. The number of amides is 1. The van der Waals surface area contributed by atoms with E-state index in [0.29, 0.717) is 19.5 Å². The van der Waals surface area contributed by atoms with Crippen molar-refractivity contribution in [3.05, 3.63) is 0 Å². The molecule has 1 saturated carbocycles. The number of nitrogens with one attached hydrogen (secondary N) is 2. The van der Waals surface area contributed by atoms with Gasteiger partial charge in [-0.3, -0.25) is 9.69 Å². The van der Waals surface area contributed by atoms with Crippen LogP contribution in [-0.2, 0) is 4.79 Å². The van der Waals surface area contributed by atoms with Gasteiger partial charge in [-0.25, -0.2) is 0 Å². The summed E-state index contributed by atoms with van der Waals surface area (Å²) in [4.78, 5) is 14.3. The summed E-state index contributed by atoms with van der Waals surface area (Å²) in [5.74, 6) is 0.0575. The van der Waals surface area contributed by atoms with E-state index in [0.717, 1.165) is 19.6 Å². The molecule has 2 fully saturated rings. The number of hydrogen-bond acceptors (Lipinski definition) is 4. The standard InChI is InChI=1S/C14H24N4O/c15-7-4-8-17-13(19)11-18-10-9-16-12-14(18)5-2-1-3-6-14/h16H,1-6,8-12H2,(H,17,19). The van der Waals surface area contributed by atoms with Crippen molar-refractivity contribution in [3.63, 3.8) is 0 Å². The molecule has 2 N–H and O–H groups in total. The fourth-order valence-electron chi connectivity index (χ4n) is 3.32. The van der Waals surface area contributed by atoms with Gasteiger partial charge in [0.15, 0.2) is 0 Å². The highest BCUT2D eigenvalue weighted by Gasteiger charge is 2.40. The summed E-state index contributed by atoms with van der Waals surface area (Å²) in [6.07, 6.45) is 6.65. The first-order chi connectivity index (χ1) is 9.27. The van der Waals surface area contributed by atoms with Crippen LogP contribution >= 0.6 is 0 Å². The lowest BCUT2D eigenvalue weighted by molar-refractivity contribution is -0.124. The highest BCUT2D eigenvalue weighted by Crippen LogP contribution is 2.34. The molecule has 1 aliphatic heterocycles. The minimum Gasteiger partial charge on any atom is -0.354 e. The molecule has 0 aromatic carbocycles. The van der Waals surface area contributed by atoms with Gasteiger partial charge < -0.3 is 10.6 Å². The maximum absolute atomic E-state index is 11.9. The number of piperazine rings is 1. The van der Waals surface area contributed by atoms with Gasteiger partial charge in [0.2, 0.25) is 5.91 Å². The quantitative estimate of drug-likeness (QED) is 0.731. The predicted molar refractivity (Wildman–Crippen MR) is 73.5 cm³/mol. The molecule has 0 aromatic heterocycles. The molecule has 0 aromatic rings. The summed E-state index contributed by atoms with van der Waals surface area (Å²) >= 11 is 0. The van der Waals surface area contributed by atoms with Crippen LogP contribution in [0, 0.1) is 11.3 Å². The molecular formula is C14H24N4O. The Morgan fingerprint density at radius 2 is 2.16 bits per heavy atom. The van der Waals surface area contributed by atoms with Crippen molar-refractivity contribution in [1.29, 1.82) is 5.26 Å². The van der Waals surface area contributed by atoms with Crippen LogP contribution in [0.4, 0.5) is 0 Å². The van der Waals surface area contributed by atoms with Gasteiger partial charge in [-0.05, 0) is 12.8 Å². The lowest BCUT2D eigenvalue weighted by Crippen LogP contribution is -2.63. The normalized spacial score (nSPS) is 22.9. The molecule has 1 saturated heterocycles. The topological polar surface area (TPSA) is 68.2 Å². The van der Waals surface area contributed by atoms with Crippen molar-refractivity contribution >= 4 is 5.91 Å². The summed E-state index contributed by atoms with van der Waals surface area (Å²) < 4.78 is 0. The van der Waals surface area contributed by atoms with Gasteiger partial charge in [-0.1, -0.05) is 19.3 Å². The van der Waals surface area contributed by atoms with E-state index in [2.05, 4.69) is 15.5 Å². The Kier molecular flexibility index (Phi) is 5.17. The fourth-order valence-corrected chi connectivity index (χ4v) is 3.32. The van der Waals surface area contributed by atoms with Gasteiger partial charge in [0, 0.05) is 31.7 Å². The summed E-state index contributed by atoms with van der Waals surface area (Å²) in [5, 5.41) is 14.8. The maximum Gasteiger partial charge on any atom is 0.234 e. The van der Waals surface area contributed by atoms with Gasteiger partial charge in [0.05, 0.1) is 19.0 Å². The molecule has 1 amide bonds. The molecule has 19 heavy (non-hydrogen) atoms. The molecule has 5 nitrogen and oxygen atoms in total. The third-order valence-corrected chi connectivity index (χ3v) is 4.36. The average molecular weight is 264 g/mol. The Hall–Kier alpha value is -1.12. The molecule has 2 aliphatic rings. The van der Waals surface area contributed by atoms with Crippen LogP contribution in [0.3, 0.4) is 0 Å². The monoisotopic (exact) mass is 264 g/mol. The number of rotatable bonds is 4. The molecule has 1 aliphatic carbocycles. The predicted octanol–water partition coefficient (Wildman–Crippen LogP) is 0.624. The zero-order valence-corrected chi connectivity index (χ0v) is 11.6. The summed E-state index contributed by atoms with van der Waals surface area (Å²) in [6, 6.07) is 2.05. The largest absolute Gasteiger partial charge is 0.354 e. The highest BCUT2D eigenvalue weighted by molar-refractivity contribution is 5.78. The van der Waals surface area contributed by atoms with Crippen LogP contribution in [0.25, 0.3) is 0 Å². The minimum absolute atomic E-state index is 0.0575. The van der Waals surface area contributed by atoms with Crippen LogP contribution in [0.1, 0.15) is 38.5 Å². The molecule has 0 atom stereocenters. The number of carbonyl (C=O) groups excluding carboxylic acids is 1. The molecule has 0 bridgehead atoms. The highest BCUT2D eigenvalue weighted by atomic mass is 16.2. The van der Waals surface area contributed by atoms with E-state index < -0.39 is 0 Å². The fraction of sp³-hybridized carbons (Fsp3) is 0.857. The van der Waals surface area contributed by atoms with Gasteiger partial charge in [0.1, 0.15) is 0 Å². The van der Waals surface area contributed by atoms with Crippen LogP contribution in [0.5, 0.6) is 0 Å². The first-order valence-electron chi connectivity index (χ1n) is 7.36. The number of hydrogen-bond donors (Lipinski definition) is 2.